The van der Waals surface area contributed by atoms with Gasteiger partial charge in [0.05, 0.1) is 25.1 Å². The minimum absolute atomic E-state index is 0.0850. The Kier molecular flexibility index (Phi) is 11.4. The zero-order valence-corrected chi connectivity index (χ0v) is 20.4. The molecule has 0 aliphatic rings. The zero-order valence-electron chi connectivity index (χ0n) is 19.6. The predicted octanol–water partition coefficient (Wildman–Crippen LogP) is 2.45. The average molecular weight is 467 g/mol. The number of carbonyl (C=O) groups excluding carboxylic acids is 4. The van der Waals surface area contributed by atoms with Crippen molar-refractivity contribution < 1.29 is 28.7 Å². The molecule has 0 heterocycles. The van der Waals surface area contributed by atoms with E-state index in [0.29, 0.717) is 0 Å². The van der Waals surface area contributed by atoms with Gasteiger partial charge in [-0.3, -0.25) is 14.4 Å². The number of ether oxygens (including phenoxy) is 2. The molecule has 0 aliphatic heterocycles. The van der Waals surface area contributed by atoms with Gasteiger partial charge in [-0.25, -0.2) is 4.79 Å². The first-order chi connectivity index (χ1) is 15.0. The molecule has 2 amide bonds. The van der Waals surface area contributed by atoms with Gasteiger partial charge in [0, 0.05) is 6.92 Å². The molecule has 178 valence electrons. The summed E-state index contributed by atoms with van der Waals surface area (Å²) in [5.74, 6) is -1.72. The Balaban J connectivity index is 2.81. The van der Waals surface area contributed by atoms with Gasteiger partial charge < -0.3 is 20.1 Å². The van der Waals surface area contributed by atoms with E-state index in [2.05, 4.69) is 10.6 Å². The molecule has 0 fully saturated rings. The minimum Gasteiger partial charge on any atom is -0.464 e. The molecular weight excluding hydrogens is 432 g/mol. The molecule has 1 aromatic rings. The smallest absolute Gasteiger partial charge is 0.331 e. The van der Waals surface area contributed by atoms with Crippen LogP contribution >= 0.6 is 11.8 Å². The second-order valence-corrected chi connectivity index (χ2v) is 9.49. The highest BCUT2D eigenvalue weighted by molar-refractivity contribution is 8.14. The number of carbonyl (C=O) groups is 4. The standard InChI is InChI=1S/C23H34N2O6S/c1-7-31-21(28)18(14-30-13-17-11-9-8-10-12-17)24-22(29)23(5,6)25-20(27)19(15(2)3)32-16(4)26/h8-12,15,18-19H,7,13-14H2,1-6H3,(H,24,29)(H,25,27)/t18-,19+/m0/s1. The van der Waals surface area contributed by atoms with Crippen molar-refractivity contribution in [3.05, 3.63) is 35.9 Å². The largest absolute Gasteiger partial charge is 0.464 e. The highest BCUT2D eigenvalue weighted by atomic mass is 32.2. The Morgan fingerprint density at radius 1 is 1.09 bits per heavy atom. The summed E-state index contributed by atoms with van der Waals surface area (Å²) in [5.41, 5.74) is -0.400. The molecule has 0 saturated heterocycles. The van der Waals surface area contributed by atoms with Gasteiger partial charge in [-0.15, -0.1) is 0 Å². The van der Waals surface area contributed by atoms with Crippen LogP contribution in [-0.4, -0.2) is 52.9 Å². The van der Waals surface area contributed by atoms with E-state index in [1.54, 1.807) is 6.92 Å². The number of hydrogen-bond donors (Lipinski definition) is 2. The molecule has 0 unspecified atom stereocenters. The third-order valence-electron chi connectivity index (χ3n) is 4.43. The molecule has 8 nitrogen and oxygen atoms in total. The summed E-state index contributed by atoms with van der Waals surface area (Å²) in [7, 11) is 0. The molecule has 0 aliphatic carbocycles. The van der Waals surface area contributed by atoms with E-state index in [1.807, 2.05) is 44.2 Å². The summed E-state index contributed by atoms with van der Waals surface area (Å²) < 4.78 is 10.7. The van der Waals surface area contributed by atoms with Gasteiger partial charge in [-0.05, 0) is 32.3 Å². The maximum Gasteiger partial charge on any atom is 0.331 e. The molecule has 0 saturated carbocycles. The summed E-state index contributed by atoms with van der Waals surface area (Å²) in [6.45, 7) is 10.1. The third-order valence-corrected chi connectivity index (χ3v) is 5.78. The number of thioether (sulfide) groups is 1. The Bertz CT molecular complexity index is 782. The quantitative estimate of drug-likeness (QED) is 0.455. The third kappa shape index (κ3) is 9.40. The Labute approximate surface area is 194 Å². The number of nitrogens with one attached hydrogen (secondary N) is 2. The molecule has 32 heavy (non-hydrogen) atoms. The lowest BCUT2D eigenvalue weighted by molar-refractivity contribution is -0.150. The van der Waals surface area contributed by atoms with Crippen LogP contribution in [0.2, 0.25) is 0 Å². The summed E-state index contributed by atoms with van der Waals surface area (Å²) in [5, 5.41) is 4.49. The van der Waals surface area contributed by atoms with Crippen molar-refractivity contribution in [2.45, 2.75) is 65.0 Å². The Morgan fingerprint density at radius 3 is 2.25 bits per heavy atom. The second-order valence-electron chi connectivity index (χ2n) is 8.17. The monoisotopic (exact) mass is 466 g/mol. The van der Waals surface area contributed by atoms with Gasteiger partial charge in [0.2, 0.25) is 11.8 Å². The topological polar surface area (TPSA) is 111 Å². The normalized spacial score (nSPS) is 13.2. The number of hydrogen-bond acceptors (Lipinski definition) is 7. The van der Waals surface area contributed by atoms with Gasteiger partial charge in [0.25, 0.3) is 0 Å². The van der Waals surface area contributed by atoms with E-state index < -0.39 is 34.6 Å². The zero-order chi connectivity index (χ0) is 24.3. The lowest BCUT2D eigenvalue weighted by Gasteiger charge is -2.30. The van der Waals surface area contributed by atoms with Gasteiger partial charge >= 0.3 is 5.97 Å². The van der Waals surface area contributed by atoms with Crippen LogP contribution in [0.5, 0.6) is 0 Å². The first kappa shape index (κ1) is 27.6. The molecule has 1 aromatic carbocycles. The molecule has 2 atom stereocenters. The van der Waals surface area contributed by atoms with Gasteiger partial charge in [-0.1, -0.05) is 55.9 Å². The van der Waals surface area contributed by atoms with E-state index in [9.17, 15) is 19.2 Å². The SMILES string of the molecule is CCOC(=O)[C@H](COCc1ccccc1)NC(=O)C(C)(C)NC(=O)[C@H](SC(C)=O)C(C)C. The maximum atomic E-state index is 12.9. The molecule has 0 radical (unpaired) electrons. The first-order valence-electron chi connectivity index (χ1n) is 10.6. The summed E-state index contributed by atoms with van der Waals surface area (Å²) in [6, 6.07) is 8.39. The minimum atomic E-state index is -1.33. The fourth-order valence-electron chi connectivity index (χ4n) is 2.73. The van der Waals surface area contributed by atoms with Crippen molar-refractivity contribution >= 4 is 34.7 Å². The summed E-state index contributed by atoms with van der Waals surface area (Å²) in [6.07, 6.45) is 0. The van der Waals surface area contributed by atoms with Crippen molar-refractivity contribution in [3.8, 4) is 0 Å². The van der Waals surface area contributed by atoms with Crippen LogP contribution in [-0.2, 0) is 35.3 Å². The van der Waals surface area contributed by atoms with Gasteiger partial charge in [0.1, 0.15) is 5.54 Å². The predicted molar refractivity (Wildman–Crippen MR) is 124 cm³/mol. The molecular formula is C23H34N2O6S. The molecule has 0 aromatic heterocycles. The lowest BCUT2D eigenvalue weighted by atomic mass is 10.0. The highest BCUT2D eigenvalue weighted by Crippen LogP contribution is 2.21. The Morgan fingerprint density at radius 2 is 1.72 bits per heavy atom. The number of benzene rings is 1. The number of amides is 2. The number of rotatable bonds is 12. The van der Waals surface area contributed by atoms with E-state index in [0.717, 1.165) is 17.3 Å². The van der Waals surface area contributed by atoms with Crippen LogP contribution in [0, 0.1) is 5.92 Å². The van der Waals surface area contributed by atoms with E-state index >= 15 is 0 Å². The van der Waals surface area contributed by atoms with Crippen molar-refractivity contribution in [3.63, 3.8) is 0 Å². The van der Waals surface area contributed by atoms with Crippen molar-refractivity contribution in [1.82, 2.24) is 10.6 Å². The Hall–Kier alpha value is -2.39. The van der Waals surface area contributed by atoms with Crippen molar-refractivity contribution in [2.75, 3.05) is 13.2 Å². The fraction of sp³-hybridized carbons (Fsp3) is 0.565. The van der Waals surface area contributed by atoms with Crippen LogP contribution in [0.15, 0.2) is 30.3 Å². The molecule has 1 rings (SSSR count). The van der Waals surface area contributed by atoms with Crippen LogP contribution in [0.4, 0.5) is 0 Å². The lowest BCUT2D eigenvalue weighted by Crippen LogP contribution is -2.60. The number of esters is 1. The van der Waals surface area contributed by atoms with Crippen molar-refractivity contribution in [1.29, 1.82) is 0 Å². The summed E-state index contributed by atoms with van der Waals surface area (Å²) >= 11 is 0.926. The highest BCUT2D eigenvalue weighted by Gasteiger charge is 2.36. The van der Waals surface area contributed by atoms with Crippen LogP contribution in [0.1, 0.15) is 47.1 Å². The van der Waals surface area contributed by atoms with E-state index in [-0.39, 0.29) is 30.9 Å². The molecule has 9 heteroatoms. The van der Waals surface area contributed by atoms with E-state index in [4.69, 9.17) is 9.47 Å². The molecule has 0 bridgehead atoms. The maximum absolute atomic E-state index is 12.9. The molecule has 0 spiro atoms. The van der Waals surface area contributed by atoms with Crippen LogP contribution in [0.25, 0.3) is 0 Å². The second kappa shape index (κ2) is 13.2. The summed E-state index contributed by atoms with van der Waals surface area (Å²) in [4.78, 5) is 49.4. The van der Waals surface area contributed by atoms with E-state index in [1.165, 1.54) is 20.8 Å². The van der Waals surface area contributed by atoms with Gasteiger partial charge in [-0.2, -0.15) is 0 Å². The van der Waals surface area contributed by atoms with Crippen LogP contribution < -0.4 is 10.6 Å². The molecule has 2 N–H and O–H groups in total. The van der Waals surface area contributed by atoms with Crippen LogP contribution in [0.3, 0.4) is 0 Å². The average Bonchev–Trinajstić information content (AvgIpc) is 2.71. The van der Waals surface area contributed by atoms with Crippen molar-refractivity contribution in [2.24, 2.45) is 5.92 Å². The first-order valence-corrected chi connectivity index (χ1v) is 11.4. The fourth-order valence-corrected chi connectivity index (χ4v) is 3.52. The van der Waals surface area contributed by atoms with Gasteiger partial charge in [0.15, 0.2) is 11.2 Å².